The molecule has 2 aromatic heterocycles. The molecule has 10 heteroatoms. The number of benzene rings is 2. The monoisotopic (exact) mass is 451 g/mol. The maximum atomic E-state index is 13.2. The third kappa shape index (κ3) is 4.89. The van der Waals surface area contributed by atoms with Crippen molar-refractivity contribution in [3.8, 4) is 22.5 Å². The van der Waals surface area contributed by atoms with Gasteiger partial charge in [-0.25, -0.2) is 9.97 Å². The van der Waals surface area contributed by atoms with E-state index >= 15 is 0 Å². The van der Waals surface area contributed by atoms with Gasteiger partial charge in [-0.3, -0.25) is 0 Å². The highest BCUT2D eigenvalue weighted by atomic mass is 19.4. The topological polar surface area (TPSA) is 92.3 Å². The molecule has 0 atom stereocenters. The Morgan fingerprint density at radius 2 is 1.85 bits per heavy atom. The van der Waals surface area contributed by atoms with E-state index in [2.05, 4.69) is 42.5 Å². The Morgan fingerprint density at radius 1 is 1.06 bits per heavy atom. The number of alkyl halides is 3. The number of hydrogen-bond donors (Lipinski definition) is 2. The van der Waals surface area contributed by atoms with Crippen LogP contribution in [0, 0.1) is 6.92 Å². The van der Waals surface area contributed by atoms with E-state index < -0.39 is 12.0 Å². The lowest BCUT2D eigenvalue weighted by Gasteiger charge is -2.16. The molecule has 0 radical (unpaired) electrons. The second kappa shape index (κ2) is 9.19. The number of tetrazole rings is 1. The lowest BCUT2D eigenvalue weighted by atomic mass is 9.97. The average molecular weight is 451 g/mol. The van der Waals surface area contributed by atoms with Crippen molar-refractivity contribution in [3.05, 3.63) is 83.8 Å². The smallest absolute Gasteiger partial charge is 0.366 e. The van der Waals surface area contributed by atoms with E-state index in [4.69, 9.17) is 0 Å². The number of anilines is 1. The molecular weight excluding hydrogens is 431 g/mol. The molecule has 0 spiro atoms. The molecule has 0 amide bonds. The molecule has 0 unspecified atom stereocenters. The fourth-order valence-corrected chi connectivity index (χ4v) is 3.48. The molecule has 4 aromatic rings. The Labute approximate surface area is 187 Å². The van der Waals surface area contributed by atoms with Crippen molar-refractivity contribution in [2.45, 2.75) is 26.1 Å². The molecule has 0 fully saturated rings. The number of aryl methyl sites for hydroxylation is 1. The van der Waals surface area contributed by atoms with Crippen LogP contribution in [0.2, 0.25) is 0 Å². The van der Waals surface area contributed by atoms with Gasteiger partial charge in [-0.05, 0) is 41.3 Å². The SMILES string of the molecule is C=CCc1c(C)nc(C(F)(F)F)nc1NCc1ccc(-c2ccccc2)c(-c2nn[nH]n2)c1. The number of H-pyrrole nitrogens is 1. The van der Waals surface area contributed by atoms with Crippen molar-refractivity contribution < 1.29 is 13.2 Å². The number of halogens is 3. The van der Waals surface area contributed by atoms with Gasteiger partial charge in [0.15, 0.2) is 0 Å². The third-order valence-corrected chi connectivity index (χ3v) is 5.03. The average Bonchev–Trinajstić information content (AvgIpc) is 3.34. The van der Waals surface area contributed by atoms with Crippen molar-refractivity contribution in [2.24, 2.45) is 0 Å². The Bertz CT molecular complexity index is 1250. The fourth-order valence-electron chi connectivity index (χ4n) is 3.48. The van der Waals surface area contributed by atoms with E-state index in [-0.39, 0.29) is 18.1 Å². The number of aromatic nitrogens is 6. The van der Waals surface area contributed by atoms with Gasteiger partial charge >= 0.3 is 6.18 Å². The predicted octanol–water partition coefficient (Wildman–Crippen LogP) is 4.99. The molecule has 2 aromatic carbocycles. The van der Waals surface area contributed by atoms with Crippen LogP contribution < -0.4 is 5.32 Å². The molecule has 168 valence electrons. The molecule has 2 N–H and O–H groups in total. The molecule has 33 heavy (non-hydrogen) atoms. The summed E-state index contributed by atoms with van der Waals surface area (Å²) in [6.07, 6.45) is -2.70. The van der Waals surface area contributed by atoms with Gasteiger partial charge in [0.1, 0.15) is 5.82 Å². The van der Waals surface area contributed by atoms with Crippen LogP contribution in [0.5, 0.6) is 0 Å². The molecule has 0 aliphatic carbocycles. The summed E-state index contributed by atoms with van der Waals surface area (Å²) in [4.78, 5) is 7.36. The first kappa shape index (κ1) is 22.1. The van der Waals surface area contributed by atoms with E-state index in [1.807, 2.05) is 48.5 Å². The number of rotatable bonds is 7. The zero-order chi connectivity index (χ0) is 23.4. The molecule has 0 aliphatic rings. The molecule has 0 saturated heterocycles. The van der Waals surface area contributed by atoms with Gasteiger partial charge in [-0.1, -0.05) is 48.5 Å². The number of hydrogen-bond acceptors (Lipinski definition) is 6. The van der Waals surface area contributed by atoms with Crippen molar-refractivity contribution >= 4 is 5.82 Å². The second-order valence-electron chi connectivity index (χ2n) is 7.29. The zero-order valence-electron chi connectivity index (χ0n) is 17.7. The van der Waals surface area contributed by atoms with Crippen molar-refractivity contribution in [1.82, 2.24) is 30.6 Å². The van der Waals surface area contributed by atoms with Gasteiger partial charge in [0, 0.05) is 23.4 Å². The Balaban J connectivity index is 1.69. The first-order valence-corrected chi connectivity index (χ1v) is 10.1. The maximum absolute atomic E-state index is 13.2. The fraction of sp³-hybridized carbons (Fsp3) is 0.174. The highest BCUT2D eigenvalue weighted by Gasteiger charge is 2.35. The van der Waals surface area contributed by atoms with Crippen LogP contribution in [0.25, 0.3) is 22.5 Å². The van der Waals surface area contributed by atoms with E-state index in [1.54, 1.807) is 6.08 Å². The minimum Gasteiger partial charge on any atom is -0.366 e. The molecular formula is C23H20F3N7. The Morgan fingerprint density at radius 3 is 2.52 bits per heavy atom. The minimum atomic E-state index is -4.64. The molecule has 4 rings (SSSR count). The molecule has 7 nitrogen and oxygen atoms in total. The van der Waals surface area contributed by atoms with Crippen LogP contribution >= 0.6 is 0 Å². The summed E-state index contributed by atoms with van der Waals surface area (Å²) in [6.45, 7) is 5.44. The Kier molecular flexibility index (Phi) is 6.16. The van der Waals surface area contributed by atoms with E-state index in [0.29, 0.717) is 17.8 Å². The summed E-state index contributed by atoms with van der Waals surface area (Å²) in [5, 5.41) is 17.3. The molecule has 0 saturated carbocycles. The summed E-state index contributed by atoms with van der Waals surface area (Å²) in [5.74, 6) is -0.634. The summed E-state index contributed by atoms with van der Waals surface area (Å²) in [6, 6.07) is 15.4. The summed E-state index contributed by atoms with van der Waals surface area (Å²) >= 11 is 0. The molecule has 0 aliphatic heterocycles. The summed E-state index contributed by atoms with van der Waals surface area (Å²) in [7, 11) is 0. The van der Waals surface area contributed by atoms with Crippen molar-refractivity contribution in [2.75, 3.05) is 5.32 Å². The van der Waals surface area contributed by atoms with Gasteiger partial charge < -0.3 is 5.32 Å². The molecule has 2 heterocycles. The normalized spacial score (nSPS) is 11.4. The van der Waals surface area contributed by atoms with Gasteiger partial charge in [-0.15, -0.1) is 16.8 Å². The highest BCUT2D eigenvalue weighted by molar-refractivity contribution is 5.80. The standard InChI is InChI=1S/C23H20F3N7/c1-3-7-17-14(2)28-22(23(24,25)26)29-20(17)27-13-15-10-11-18(16-8-5-4-6-9-16)19(12-15)21-30-32-33-31-21/h3-6,8-12H,1,7,13H2,2H3,(H,27,28,29)(H,30,31,32,33). The van der Waals surface area contributed by atoms with Crippen LogP contribution in [0.1, 0.15) is 22.6 Å². The number of nitrogens with one attached hydrogen (secondary N) is 2. The van der Waals surface area contributed by atoms with Crippen LogP contribution in [0.3, 0.4) is 0 Å². The van der Waals surface area contributed by atoms with Crippen LogP contribution in [0.15, 0.2) is 61.2 Å². The Hall–Kier alpha value is -4.08. The van der Waals surface area contributed by atoms with E-state index in [0.717, 1.165) is 22.3 Å². The third-order valence-electron chi connectivity index (χ3n) is 5.03. The maximum Gasteiger partial charge on any atom is 0.451 e. The first-order valence-electron chi connectivity index (χ1n) is 10.1. The second-order valence-corrected chi connectivity index (χ2v) is 7.29. The number of aromatic amines is 1. The summed E-state index contributed by atoms with van der Waals surface area (Å²) < 4.78 is 39.7. The zero-order valence-corrected chi connectivity index (χ0v) is 17.7. The van der Waals surface area contributed by atoms with Gasteiger partial charge in [0.25, 0.3) is 0 Å². The lowest BCUT2D eigenvalue weighted by Crippen LogP contribution is -2.16. The van der Waals surface area contributed by atoms with Crippen LogP contribution in [0.4, 0.5) is 19.0 Å². The van der Waals surface area contributed by atoms with Crippen LogP contribution in [-0.4, -0.2) is 30.6 Å². The van der Waals surface area contributed by atoms with E-state index in [9.17, 15) is 13.2 Å². The largest absolute Gasteiger partial charge is 0.451 e. The highest BCUT2D eigenvalue weighted by Crippen LogP contribution is 2.32. The number of allylic oxidation sites excluding steroid dienone is 1. The predicted molar refractivity (Wildman–Crippen MR) is 118 cm³/mol. The minimum absolute atomic E-state index is 0.128. The van der Waals surface area contributed by atoms with Gasteiger partial charge in [0.2, 0.25) is 11.6 Å². The quantitative estimate of drug-likeness (QED) is 0.385. The summed E-state index contributed by atoms with van der Waals surface area (Å²) in [5.41, 5.74) is 4.26. The molecule has 0 bridgehead atoms. The van der Waals surface area contributed by atoms with Crippen LogP contribution in [-0.2, 0) is 19.1 Å². The van der Waals surface area contributed by atoms with Crippen molar-refractivity contribution in [1.29, 1.82) is 0 Å². The van der Waals surface area contributed by atoms with E-state index in [1.165, 1.54) is 6.92 Å². The first-order chi connectivity index (χ1) is 15.9. The van der Waals surface area contributed by atoms with Gasteiger partial charge in [-0.2, -0.15) is 18.4 Å². The lowest BCUT2D eigenvalue weighted by molar-refractivity contribution is -0.145. The van der Waals surface area contributed by atoms with Crippen molar-refractivity contribution in [3.63, 3.8) is 0 Å². The number of nitrogens with zero attached hydrogens (tertiary/aromatic N) is 5. The van der Waals surface area contributed by atoms with Gasteiger partial charge in [0.05, 0.1) is 0 Å².